The molecule has 10 heavy (non-hydrogen) atoms. The number of halogens is 1. The minimum atomic E-state index is -0.0608. The van der Waals surface area contributed by atoms with E-state index in [4.69, 9.17) is 4.74 Å². The summed E-state index contributed by atoms with van der Waals surface area (Å²) in [5, 5.41) is 2.71. The van der Waals surface area contributed by atoms with Crippen LogP contribution in [0.1, 0.15) is 0 Å². The number of fused-ring (bicyclic) bond motifs is 1. The van der Waals surface area contributed by atoms with Gasteiger partial charge in [-0.15, -0.1) is 0 Å². The molecule has 2 aliphatic heterocycles. The van der Waals surface area contributed by atoms with Crippen LogP contribution in [-0.4, -0.2) is 18.6 Å². The summed E-state index contributed by atoms with van der Waals surface area (Å²) >= 11 is 3.18. The number of amides is 1. The van der Waals surface area contributed by atoms with Gasteiger partial charge in [0.2, 0.25) is 5.91 Å². The van der Waals surface area contributed by atoms with E-state index in [-0.39, 0.29) is 17.9 Å². The molecule has 0 aromatic carbocycles. The lowest BCUT2D eigenvalue weighted by Gasteiger charge is -2.04. The summed E-state index contributed by atoms with van der Waals surface area (Å²) in [5.74, 6) is 0.00817. The lowest BCUT2D eigenvalue weighted by Crippen LogP contribution is -2.17. The number of hydrogen-bond acceptors (Lipinski definition) is 2. The third-order valence-corrected chi connectivity index (χ3v) is 2.21. The van der Waals surface area contributed by atoms with Gasteiger partial charge in [0, 0.05) is 0 Å². The summed E-state index contributed by atoms with van der Waals surface area (Å²) in [6.45, 7) is 0.634. The van der Waals surface area contributed by atoms with Crippen molar-refractivity contribution >= 4 is 21.8 Å². The first-order valence-electron chi connectivity index (χ1n) is 3.09. The largest absolute Gasteiger partial charge is 0.481 e. The van der Waals surface area contributed by atoms with Crippen molar-refractivity contribution in [3.63, 3.8) is 0 Å². The minimum absolute atomic E-state index is 0.0295. The molecule has 0 bridgehead atoms. The number of carbonyl (C=O) groups excluding carboxylic acids is 1. The average molecular weight is 204 g/mol. The molecule has 2 atom stereocenters. The molecule has 2 aliphatic rings. The summed E-state index contributed by atoms with van der Waals surface area (Å²) in [6, 6.07) is 0. The van der Waals surface area contributed by atoms with Gasteiger partial charge in [0.25, 0.3) is 0 Å². The Labute approximate surface area is 66.6 Å². The van der Waals surface area contributed by atoms with Crippen LogP contribution in [0.4, 0.5) is 0 Å². The van der Waals surface area contributed by atoms with E-state index in [1.165, 1.54) is 0 Å². The fourth-order valence-electron chi connectivity index (χ4n) is 1.24. The zero-order valence-corrected chi connectivity index (χ0v) is 6.72. The van der Waals surface area contributed by atoms with Crippen molar-refractivity contribution in [2.24, 2.45) is 5.92 Å². The van der Waals surface area contributed by atoms with Crippen molar-refractivity contribution in [3.8, 4) is 0 Å². The summed E-state index contributed by atoms with van der Waals surface area (Å²) in [7, 11) is 0. The summed E-state index contributed by atoms with van der Waals surface area (Å²) in [4.78, 5) is 10.9. The molecule has 54 valence electrons. The van der Waals surface area contributed by atoms with Crippen LogP contribution in [-0.2, 0) is 9.53 Å². The van der Waals surface area contributed by atoms with Gasteiger partial charge in [-0.05, 0) is 22.0 Å². The second-order valence-electron chi connectivity index (χ2n) is 2.40. The zero-order chi connectivity index (χ0) is 7.14. The Bertz CT molecular complexity index is 214. The quantitative estimate of drug-likeness (QED) is 0.618. The van der Waals surface area contributed by atoms with Crippen LogP contribution in [0, 0.1) is 5.92 Å². The monoisotopic (exact) mass is 203 g/mol. The molecule has 0 aromatic rings. The van der Waals surface area contributed by atoms with Crippen molar-refractivity contribution in [1.29, 1.82) is 0 Å². The van der Waals surface area contributed by atoms with E-state index >= 15 is 0 Å². The van der Waals surface area contributed by atoms with Crippen LogP contribution in [0.25, 0.3) is 0 Å². The normalized spacial score (nSPS) is 36.5. The fraction of sp³-hybridized carbons (Fsp3) is 0.500. The van der Waals surface area contributed by atoms with Gasteiger partial charge >= 0.3 is 0 Å². The Morgan fingerprint density at radius 1 is 1.80 bits per heavy atom. The molecule has 3 nitrogen and oxygen atoms in total. The van der Waals surface area contributed by atoms with Gasteiger partial charge < -0.3 is 10.1 Å². The Morgan fingerprint density at radius 3 is 3.30 bits per heavy atom. The molecule has 0 aliphatic carbocycles. The minimum Gasteiger partial charge on any atom is -0.481 e. The van der Waals surface area contributed by atoms with Gasteiger partial charge in [-0.2, -0.15) is 0 Å². The molecule has 1 saturated heterocycles. The van der Waals surface area contributed by atoms with Gasteiger partial charge in [0.1, 0.15) is 6.10 Å². The van der Waals surface area contributed by atoms with Gasteiger partial charge in [0.05, 0.1) is 12.5 Å². The summed E-state index contributed by atoms with van der Waals surface area (Å²) < 4.78 is 5.94. The van der Waals surface area contributed by atoms with E-state index < -0.39 is 0 Å². The zero-order valence-electron chi connectivity index (χ0n) is 5.13. The van der Waals surface area contributed by atoms with Crippen LogP contribution in [0.5, 0.6) is 0 Å². The molecule has 2 rings (SSSR count). The van der Waals surface area contributed by atoms with Crippen molar-refractivity contribution < 1.29 is 9.53 Å². The fourth-order valence-corrected chi connectivity index (χ4v) is 1.76. The molecule has 0 spiro atoms. The second kappa shape index (κ2) is 1.99. The number of carbonyl (C=O) groups is 1. The Hall–Kier alpha value is -0.510. The number of rotatable bonds is 0. The van der Waals surface area contributed by atoms with Crippen molar-refractivity contribution in [1.82, 2.24) is 5.32 Å². The predicted molar refractivity (Wildman–Crippen MR) is 38.4 cm³/mol. The number of ether oxygens (including phenoxy) is 1. The lowest BCUT2D eigenvalue weighted by atomic mass is 10.1. The van der Waals surface area contributed by atoms with E-state index in [0.29, 0.717) is 11.2 Å². The molecule has 1 N–H and O–H groups in total. The Balaban J connectivity index is 2.24. The van der Waals surface area contributed by atoms with E-state index in [1.807, 2.05) is 0 Å². The Kier molecular flexibility index (Phi) is 1.23. The van der Waals surface area contributed by atoms with Crippen molar-refractivity contribution in [2.75, 3.05) is 6.54 Å². The molecule has 2 unspecified atom stereocenters. The summed E-state index contributed by atoms with van der Waals surface area (Å²) in [5.41, 5.74) is 0. The van der Waals surface area contributed by atoms with Gasteiger partial charge in [-0.1, -0.05) is 0 Å². The highest BCUT2D eigenvalue weighted by molar-refractivity contribution is 9.11. The Morgan fingerprint density at radius 2 is 2.60 bits per heavy atom. The van der Waals surface area contributed by atoms with Crippen LogP contribution >= 0.6 is 15.9 Å². The molecule has 0 radical (unpaired) electrons. The smallest absolute Gasteiger partial charge is 0.231 e. The molecule has 1 amide bonds. The first-order chi connectivity index (χ1) is 4.77. The van der Waals surface area contributed by atoms with Crippen LogP contribution < -0.4 is 5.32 Å². The first-order valence-corrected chi connectivity index (χ1v) is 3.88. The van der Waals surface area contributed by atoms with E-state index in [9.17, 15) is 4.79 Å². The van der Waals surface area contributed by atoms with Gasteiger partial charge in [-0.3, -0.25) is 4.79 Å². The molecule has 0 aromatic heterocycles. The predicted octanol–water partition coefficient (Wildman–Crippen LogP) is 0.367. The second-order valence-corrected chi connectivity index (χ2v) is 3.18. The maximum atomic E-state index is 10.9. The van der Waals surface area contributed by atoms with Gasteiger partial charge in [-0.25, -0.2) is 0 Å². The lowest BCUT2D eigenvalue weighted by molar-refractivity contribution is -0.121. The maximum absolute atomic E-state index is 10.9. The molecular weight excluding hydrogens is 198 g/mol. The first kappa shape index (κ1) is 6.22. The topological polar surface area (TPSA) is 38.3 Å². The van der Waals surface area contributed by atoms with Crippen LogP contribution in [0.15, 0.2) is 10.7 Å². The maximum Gasteiger partial charge on any atom is 0.231 e. The SMILES string of the molecule is O=C1NCC2OC(Br)=CC12. The third-order valence-electron chi connectivity index (χ3n) is 1.76. The van der Waals surface area contributed by atoms with E-state index in [1.54, 1.807) is 6.08 Å². The van der Waals surface area contributed by atoms with E-state index in [2.05, 4.69) is 21.2 Å². The van der Waals surface area contributed by atoms with E-state index in [0.717, 1.165) is 0 Å². The van der Waals surface area contributed by atoms with Crippen molar-refractivity contribution in [3.05, 3.63) is 10.7 Å². The molecule has 2 heterocycles. The van der Waals surface area contributed by atoms with Crippen LogP contribution in [0.3, 0.4) is 0 Å². The number of nitrogens with one attached hydrogen (secondary N) is 1. The highest BCUT2D eigenvalue weighted by Crippen LogP contribution is 2.29. The highest BCUT2D eigenvalue weighted by Gasteiger charge is 2.39. The van der Waals surface area contributed by atoms with Crippen LogP contribution in [0.2, 0.25) is 0 Å². The highest BCUT2D eigenvalue weighted by atomic mass is 79.9. The standard InChI is InChI=1S/C6H6BrNO2/c7-5-1-3-4(10-5)2-8-6(3)9/h1,3-4H,2H2,(H,8,9). The third kappa shape index (κ3) is 0.751. The molecule has 4 heteroatoms. The van der Waals surface area contributed by atoms with Crippen molar-refractivity contribution in [2.45, 2.75) is 6.10 Å². The average Bonchev–Trinajstić information content (AvgIpc) is 2.35. The molecule has 0 saturated carbocycles. The van der Waals surface area contributed by atoms with Gasteiger partial charge in [0.15, 0.2) is 4.67 Å². The number of hydrogen-bond donors (Lipinski definition) is 1. The molecule has 1 fully saturated rings. The molecular formula is C6H6BrNO2. The summed E-state index contributed by atoms with van der Waals surface area (Å²) in [6.07, 6.45) is 1.83.